The number of aromatic hydroxyl groups is 1. The number of nitrogens with zero attached hydrogens (tertiary/aromatic N) is 5. The maximum absolute atomic E-state index is 9.65. The molecule has 0 amide bonds. The maximum Gasteiger partial charge on any atom is 0.227 e. The number of phenols is 1. The molecule has 2 aromatic heterocycles. The summed E-state index contributed by atoms with van der Waals surface area (Å²) in [4.78, 5) is 6.34. The van der Waals surface area contributed by atoms with Gasteiger partial charge in [-0.25, -0.2) is 0 Å². The molecular formula is C19H21N5O. The highest BCUT2D eigenvalue weighted by Crippen LogP contribution is 2.26. The molecule has 0 unspecified atom stereocenters. The SMILES string of the molecule is CCn1c(Cc2ccncc2)nnc1N1CCc2cc(O)ccc2C1. The molecule has 0 spiro atoms. The molecule has 4 rings (SSSR count). The molecule has 1 aliphatic heterocycles. The van der Waals surface area contributed by atoms with Crippen LogP contribution >= 0.6 is 0 Å². The number of fused-ring (bicyclic) bond motifs is 1. The van der Waals surface area contributed by atoms with Gasteiger partial charge < -0.3 is 10.0 Å². The van der Waals surface area contributed by atoms with Gasteiger partial charge in [0, 0.05) is 38.4 Å². The van der Waals surface area contributed by atoms with Gasteiger partial charge in [-0.1, -0.05) is 6.07 Å². The van der Waals surface area contributed by atoms with Crippen molar-refractivity contribution in [1.82, 2.24) is 19.7 Å². The highest BCUT2D eigenvalue weighted by molar-refractivity contribution is 5.43. The van der Waals surface area contributed by atoms with E-state index in [4.69, 9.17) is 0 Å². The van der Waals surface area contributed by atoms with Crippen molar-refractivity contribution >= 4 is 5.95 Å². The van der Waals surface area contributed by atoms with E-state index in [2.05, 4.69) is 31.6 Å². The molecule has 0 fully saturated rings. The first kappa shape index (κ1) is 15.6. The molecule has 1 N–H and O–H groups in total. The van der Waals surface area contributed by atoms with Crippen LogP contribution in [-0.2, 0) is 25.9 Å². The minimum absolute atomic E-state index is 0.337. The van der Waals surface area contributed by atoms with E-state index < -0.39 is 0 Å². The van der Waals surface area contributed by atoms with Gasteiger partial charge in [-0.15, -0.1) is 10.2 Å². The quantitative estimate of drug-likeness (QED) is 0.794. The second-order valence-electron chi connectivity index (χ2n) is 6.32. The van der Waals surface area contributed by atoms with Gasteiger partial charge in [0.15, 0.2) is 0 Å². The summed E-state index contributed by atoms with van der Waals surface area (Å²) >= 11 is 0. The van der Waals surface area contributed by atoms with Crippen molar-refractivity contribution in [3.05, 3.63) is 65.2 Å². The third-order valence-corrected chi connectivity index (χ3v) is 4.72. The summed E-state index contributed by atoms with van der Waals surface area (Å²) in [6, 6.07) is 9.64. The lowest BCUT2D eigenvalue weighted by molar-refractivity contribution is 0.473. The van der Waals surface area contributed by atoms with Gasteiger partial charge in [0.25, 0.3) is 0 Å². The molecule has 6 nitrogen and oxygen atoms in total. The van der Waals surface area contributed by atoms with Crippen molar-refractivity contribution < 1.29 is 5.11 Å². The van der Waals surface area contributed by atoms with Crippen molar-refractivity contribution in [3.63, 3.8) is 0 Å². The van der Waals surface area contributed by atoms with Crippen LogP contribution in [0.1, 0.15) is 29.4 Å². The Morgan fingerprint density at radius 1 is 1.08 bits per heavy atom. The summed E-state index contributed by atoms with van der Waals surface area (Å²) in [5.41, 5.74) is 3.64. The van der Waals surface area contributed by atoms with Gasteiger partial charge in [-0.2, -0.15) is 0 Å². The van der Waals surface area contributed by atoms with Crippen LogP contribution in [0.2, 0.25) is 0 Å². The van der Waals surface area contributed by atoms with Crippen LogP contribution in [0.3, 0.4) is 0 Å². The van der Waals surface area contributed by atoms with E-state index in [1.54, 1.807) is 18.5 Å². The van der Waals surface area contributed by atoms with E-state index in [0.29, 0.717) is 5.75 Å². The minimum Gasteiger partial charge on any atom is -0.508 e. The lowest BCUT2D eigenvalue weighted by Gasteiger charge is -2.29. The minimum atomic E-state index is 0.337. The summed E-state index contributed by atoms with van der Waals surface area (Å²) < 4.78 is 2.19. The Morgan fingerprint density at radius 2 is 1.92 bits per heavy atom. The Kier molecular flexibility index (Phi) is 4.09. The number of rotatable bonds is 4. The highest BCUT2D eigenvalue weighted by Gasteiger charge is 2.22. The van der Waals surface area contributed by atoms with E-state index in [-0.39, 0.29) is 0 Å². The van der Waals surface area contributed by atoms with Crippen molar-refractivity contribution in [3.8, 4) is 5.75 Å². The monoisotopic (exact) mass is 335 g/mol. The van der Waals surface area contributed by atoms with Crippen molar-refractivity contribution in [1.29, 1.82) is 0 Å². The van der Waals surface area contributed by atoms with Gasteiger partial charge in [-0.05, 0) is 54.3 Å². The molecule has 1 aromatic carbocycles. The smallest absolute Gasteiger partial charge is 0.227 e. The summed E-state index contributed by atoms with van der Waals surface area (Å²) in [6.07, 6.45) is 5.27. The second kappa shape index (κ2) is 6.55. The first-order valence-electron chi connectivity index (χ1n) is 8.61. The average molecular weight is 335 g/mol. The van der Waals surface area contributed by atoms with Crippen LogP contribution in [0.15, 0.2) is 42.7 Å². The zero-order chi connectivity index (χ0) is 17.2. The summed E-state index contributed by atoms with van der Waals surface area (Å²) in [5.74, 6) is 2.23. The summed E-state index contributed by atoms with van der Waals surface area (Å²) in [6.45, 7) is 4.63. The fraction of sp³-hybridized carbons (Fsp3) is 0.316. The van der Waals surface area contributed by atoms with Crippen LogP contribution in [0.4, 0.5) is 5.95 Å². The number of hydrogen-bond donors (Lipinski definition) is 1. The predicted molar refractivity (Wildman–Crippen MR) is 95.6 cm³/mol. The van der Waals surface area contributed by atoms with Crippen LogP contribution < -0.4 is 4.90 Å². The third-order valence-electron chi connectivity index (χ3n) is 4.72. The van der Waals surface area contributed by atoms with E-state index in [9.17, 15) is 5.11 Å². The maximum atomic E-state index is 9.65. The van der Waals surface area contributed by atoms with Crippen LogP contribution in [0, 0.1) is 0 Å². The topological polar surface area (TPSA) is 67.1 Å². The third kappa shape index (κ3) is 3.07. The number of benzene rings is 1. The van der Waals surface area contributed by atoms with Crippen molar-refractivity contribution in [2.45, 2.75) is 32.9 Å². The Balaban J connectivity index is 1.60. The number of anilines is 1. The molecule has 0 radical (unpaired) electrons. The standard InChI is InChI=1S/C19H21N5O/c1-2-24-18(11-14-5-8-20-9-6-14)21-22-19(24)23-10-7-15-12-17(25)4-3-16(15)13-23/h3-6,8-9,12,25H,2,7,10-11,13H2,1H3. The van der Waals surface area contributed by atoms with Gasteiger partial charge in [-0.3, -0.25) is 9.55 Å². The van der Waals surface area contributed by atoms with Crippen molar-refractivity contribution in [2.75, 3.05) is 11.4 Å². The van der Waals surface area contributed by atoms with E-state index in [1.807, 2.05) is 24.3 Å². The molecule has 0 bridgehead atoms. The Hall–Kier alpha value is -2.89. The Bertz CT molecular complexity index is 875. The van der Waals surface area contributed by atoms with Gasteiger partial charge in [0.2, 0.25) is 5.95 Å². The summed E-state index contributed by atoms with van der Waals surface area (Å²) in [7, 11) is 0. The average Bonchev–Trinajstić information content (AvgIpc) is 3.04. The van der Waals surface area contributed by atoms with Crippen LogP contribution in [0.25, 0.3) is 0 Å². The van der Waals surface area contributed by atoms with E-state index in [1.165, 1.54) is 16.7 Å². The molecule has 0 atom stereocenters. The van der Waals surface area contributed by atoms with Crippen LogP contribution in [-0.4, -0.2) is 31.4 Å². The number of hydrogen-bond acceptors (Lipinski definition) is 5. The molecule has 25 heavy (non-hydrogen) atoms. The largest absolute Gasteiger partial charge is 0.508 e. The summed E-state index contributed by atoms with van der Waals surface area (Å²) in [5, 5.41) is 18.6. The van der Waals surface area contributed by atoms with E-state index >= 15 is 0 Å². The molecular weight excluding hydrogens is 314 g/mol. The normalized spacial score (nSPS) is 13.7. The highest BCUT2D eigenvalue weighted by atomic mass is 16.3. The molecule has 3 heterocycles. The molecule has 6 heteroatoms. The number of pyridine rings is 1. The van der Waals surface area contributed by atoms with Gasteiger partial charge >= 0.3 is 0 Å². The molecule has 0 saturated heterocycles. The molecule has 0 aliphatic carbocycles. The van der Waals surface area contributed by atoms with Crippen LogP contribution in [0.5, 0.6) is 5.75 Å². The molecule has 1 aliphatic rings. The van der Waals surface area contributed by atoms with Crippen molar-refractivity contribution in [2.24, 2.45) is 0 Å². The molecule has 3 aromatic rings. The number of aromatic nitrogens is 4. The first-order chi connectivity index (χ1) is 12.2. The van der Waals surface area contributed by atoms with Gasteiger partial charge in [0.05, 0.1) is 0 Å². The zero-order valence-electron chi connectivity index (χ0n) is 14.3. The fourth-order valence-electron chi connectivity index (χ4n) is 3.41. The lowest BCUT2D eigenvalue weighted by atomic mass is 10.00. The first-order valence-corrected chi connectivity index (χ1v) is 8.61. The Labute approximate surface area is 146 Å². The Morgan fingerprint density at radius 3 is 2.72 bits per heavy atom. The molecule has 0 saturated carbocycles. The lowest BCUT2D eigenvalue weighted by Crippen LogP contribution is -2.32. The fourth-order valence-corrected chi connectivity index (χ4v) is 3.41. The second-order valence-corrected chi connectivity index (χ2v) is 6.32. The van der Waals surface area contributed by atoms with E-state index in [0.717, 1.165) is 44.2 Å². The molecule has 128 valence electrons. The number of phenolic OH excluding ortho intramolecular Hbond substituents is 1. The predicted octanol–water partition coefficient (Wildman–Crippen LogP) is 2.55. The van der Waals surface area contributed by atoms with Gasteiger partial charge in [0.1, 0.15) is 11.6 Å². The zero-order valence-corrected chi connectivity index (χ0v) is 14.3.